The summed E-state index contributed by atoms with van der Waals surface area (Å²) in [5.41, 5.74) is 3.76. The number of aromatic nitrogens is 3. The van der Waals surface area contributed by atoms with Crippen LogP contribution in [0.25, 0.3) is 22.4 Å². The molecule has 194 valence electrons. The Morgan fingerprint density at radius 3 is 2.39 bits per heavy atom. The molecular formula is C30H30FN5O2. The highest BCUT2D eigenvalue weighted by Crippen LogP contribution is 2.28. The second-order valence-electron chi connectivity index (χ2n) is 9.52. The van der Waals surface area contributed by atoms with Crippen LogP contribution in [0.5, 0.6) is 5.88 Å². The molecule has 0 unspecified atom stereocenters. The van der Waals surface area contributed by atoms with Crippen LogP contribution in [0.4, 0.5) is 10.3 Å². The van der Waals surface area contributed by atoms with Crippen molar-refractivity contribution in [1.82, 2.24) is 20.3 Å². The lowest BCUT2D eigenvalue weighted by Crippen LogP contribution is -2.39. The number of rotatable bonds is 8. The molecule has 0 saturated heterocycles. The molecule has 1 aliphatic carbocycles. The molecule has 5 rings (SSSR count). The molecular weight excluding hydrogens is 481 g/mol. The van der Waals surface area contributed by atoms with Gasteiger partial charge in [0.1, 0.15) is 12.3 Å². The minimum absolute atomic E-state index is 0.00161. The summed E-state index contributed by atoms with van der Waals surface area (Å²) in [5.74, 6) is 0.455. The van der Waals surface area contributed by atoms with Crippen molar-refractivity contribution in [3.63, 3.8) is 0 Å². The van der Waals surface area contributed by atoms with Gasteiger partial charge in [0.25, 0.3) is 0 Å². The standard InChI is InChI=1S/C30H30FN5O2/c1-20(37)34-25-11-13-26(14-12-25)35-30-33-18-27(31)29(36-30)23-9-5-8-22(16-23)24-10-15-28(32-17-24)38-19-21-6-3-2-4-7-21/h2-10,15-18,25-26H,11-14,19H2,1H3,(H,34,37)(H,33,35,36)/t25-,26-. The average Bonchev–Trinajstić information content (AvgIpc) is 2.95. The average molecular weight is 512 g/mol. The van der Waals surface area contributed by atoms with E-state index in [2.05, 4.69) is 25.6 Å². The molecule has 0 spiro atoms. The van der Waals surface area contributed by atoms with Gasteiger partial charge in [-0.25, -0.2) is 19.3 Å². The van der Waals surface area contributed by atoms with Gasteiger partial charge in [0.05, 0.1) is 6.20 Å². The predicted octanol–water partition coefficient (Wildman–Crippen LogP) is 5.78. The summed E-state index contributed by atoms with van der Waals surface area (Å²) < 4.78 is 20.6. The third-order valence-corrected chi connectivity index (χ3v) is 6.65. The maximum atomic E-state index is 14.8. The number of nitrogens with zero attached hydrogens (tertiary/aromatic N) is 3. The number of anilines is 1. The van der Waals surface area contributed by atoms with E-state index in [0.717, 1.165) is 42.4 Å². The Morgan fingerprint density at radius 1 is 0.895 bits per heavy atom. The van der Waals surface area contributed by atoms with Gasteiger partial charge in [0.15, 0.2) is 5.82 Å². The molecule has 38 heavy (non-hydrogen) atoms. The number of pyridine rings is 1. The first kappa shape index (κ1) is 25.3. The third kappa shape index (κ3) is 6.51. The van der Waals surface area contributed by atoms with Gasteiger partial charge in [-0.05, 0) is 48.9 Å². The van der Waals surface area contributed by atoms with Crippen LogP contribution in [-0.2, 0) is 11.4 Å². The molecule has 2 N–H and O–H groups in total. The SMILES string of the molecule is CC(=O)N[C@H]1CC[C@H](Nc2ncc(F)c(-c3cccc(-c4ccc(OCc5ccccc5)nc4)c3)n2)CC1. The molecule has 2 aromatic heterocycles. The van der Waals surface area contributed by atoms with Crippen LogP contribution in [0.1, 0.15) is 38.2 Å². The fraction of sp³-hybridized carbons (Fsp3) is 0.267. The first-order chi connectivity index (χ1) is 18.5. The number of benzene rings is 2. The molecule has 1 fully saturated rings. The first-order valence-electron chi connectivity index (χ1n) is 12.8. The number of amides is 1. The monoisotopic (exact) mass is 511 g/mol. The van der Waals surface area contributed by atoms with Gasteiger partial charge in [-0.3, -0.25) is 4.79 Å². The summed E-state index contributed by atoms with van der Waals surface area (Å²) in [5, 5.41) is 6.32. The molecule has 4 aromatic rings. The first-order valence-corrected chi connectivity index (χ1v) is 12.8. The minimum Gasteiger partial charge on any atom is -0.473 e. The number of carbonyl (C=O) groups excluding carboxylic acids is 1. The summed E-state index contributed by atoms with van der Waals surface area (Å²) in [6.07, 6.45) is 6.50. The van der Waals surface area contributed by atoms with Crippen LogP contribution in [0, 0.1) is 5.82 Å². The van der Waals surface area contributed by atoms with Crippen LogP contribution < -0.4 is 15.4 Å². The highest BCUT2D eigenvalue weighted by Gasteiger charge is 2.22. The number of nitrogens with one attached hydrogen (secondary N) is 2. The minimum atomic E-state index is -0.482. The molecule has 1 aliphatic rings. The summed E-state index contributed by atoms with van der Waals surface area (Å²) >= 11 is 0. The lowest BCUT2D eigenvalue weighted by atomic mass is 9.91. The maximum Gasteiger partial charge on any atom is 0.223 e. The zero-order valence-electron chi connectivity index (χ0n) is 21.2. The van der Waals surface area contributed by atoms with Crippen LogP contribution in [0.15, 0.2) is 79.1 Å². The molecule has 0 aliphatic heterocycles. The summed E-state index contributed by atoms with van der Waals surface area (Å²) in [6.45, 7) is 1.99. The van der Waals surface area contributed by atoms with Crippen LogP contribution in [0.2, 0.25) is 0 Å². The topological polar surface area (TPSA) is 89.0 Å². The molecule has 0 atom stereocenters. The van der Waals surface area contributed by atoms with Gasteiger partial charge in [-0.1, -0.05) is 48.5 Å². The van der Waals surface area contributed by atoms with Crippen molar-refractivity contribution < 1.29 is 13.9 Å². The quantitative estimate of drug-likeness (QED) is 0.312. The van der Waals surface area contributed by atoms with Crippen molar-refractivity contribution in [3.05, 3.63) is 90.5 Å². The molecule has 1 saturated carbocycles. The van der Waals surface area contributed by atoms with Gasteiger partial charge in [0, 0.05) is 42.4 Å². The Balaban J connectivity index is 1.26. The Morgan fingerprint density at radius 2 is 1.66 bits per heavy atom. The van der Waals surface area contributed by atoms with Crippen molar-refractivity contribution in [3.8, 4) is 28.3 Å². The van der Waals surface area contributed by atoms with Crippen molar-refractivity contribution in [2.75, 3.05) is 5.32 Å². The number of hydrogen-bond donors (Lipinski definition) is 2. The van der Waals surface area contributed by atoms with Gasteiger partial charge in [-0.15, -0.1) is 0 Å². The third-order valence-electron chi connectivity index (χ3n) is 6.65. The van der Waals surface area contributed by atoms with E-state index in [1.54, 1.807) is 13.1 Å². The van der Waals surface area contributed by atoms with Crippen molar-refractivity contribution >= 4 is 11.9 Å². The number of carbonyl (C=O) groups is 1. The largest absolute Gasteiger partial charge is 0.473 e. The molecule has 1 amide bonds. The fourth-order valence-electron chi connectivity index (χ4n) is 4.71. The van der Waals surface area contributed by atoms with E-state index in [1.165, 1.54) is 6.20 Å². The number of ether oxygens (including phenoxy) is 1. The van der Waals surface area contributed by atoms with E-state index in [0.29, 0.717) is 24.0 Å². The van der Waals surface area contributed by atoms with Gasteiger partial charge in [-0.2, -0.15) is 0 Å². The van der Waals surface area contributed by atoms with Gasteiger partial charge >= 0.3 is 0 Å². The fourth-order valence-corrected chi connectivity index (χ4v) is 4.71. The predicted molar refractivity (Wildman–Crippen MR) is 145 cm³/mol. The smallest absolute Gasteiger partial charge is 0.223 e. The molecule has 0 radical (unpaired) electrons. The summed E-state index contributed by atoms with van der Waals surface area (Å²) in [6, 6.07) is 21.7. The Hall–Kier alpha value is -4.33. The van der Waals surface area contributed by atoms with Gasteiger partial charge in [0.2, 0.25) is 17.7 Å². The zero-order chi connectivity index (χ0) is 26.3. The Bertz CT molecular complexity index is 1370. The van der Waals surface area contributed by atoms with Crippen LogP contribution >= 0.6 is 0 Å². The zero-order valence-corrected chi connectivity index (χ0v) is 21.2. The van der Waals surface area contributed by atoms with E-state index in [4.69, 9.17) is 4.74 Å². The Labute approximate surface area is 221 Å². The lowest BCUT2D eigenvalue weighted by molar-refractivity contribution is -0.119. The summed E-state index contributed by atoms with van der Waals surface area (Å²) in [7, 11) is 0. The van der Waals surface area contributed by atoms with E-state index >= 15 is 0 Å². The van der Waals surface area contributed by atoms with Crippen molar-refractivity contribution in [2.45, 2.75) is 51.3 Å². The second-order valence-corrected chi connectivity index (χ2v) is 9.52. The van der Waals surface area contributed by atoms with Crippen molar-refractivity contribution in [1.29, 1.82) is 0 Å². The molecule has 2 heterocycles. The van der Waals surface area contributed by atoms with E-state index in [9.17, 15) is 9.18 Å². The van der Waals surface area contributed by atoms with Crippen molar-refractivity contribution in [2.24, 2.45) is 0 Å². The van der Waals surface area contributed by atoms with Gasteiger partial charge < -0.3 is 15.4 Å². The number of hydrogen-bond acceptors (Lipinski definition) is 6. The molecule has 7 nitrogen and oxygen atoms in total. The molecule has 0 bridgehead atoms. The van der Waals surface area contributed by atoms with Crippen LogP contribution in [-0.4, -0.2) is 32.9 Å². The highest BCUT2D eigenvalue weighted by molar-refractivity contribution is 5.73. The summed E-state index contributed by atoms with van der Waals surface area (Å²) in [4.78, 5) is 24.4. The van der Waals surface area contributed by atoms with Crippen LogP contribution in [0.3, 0.4) is 0 Å². The Kier molecular flexibility index (Phi) is 7.87. The molecule has 8 heteroatoms. The molecule has 2 aromatic carbocycles. The highest BCUT2D eigenvalue weighted by atomic mass is 19.1. The normalized spacial score (nSPS) is 17.0. The maximum absolute atomic E-state index is 14.8. The van der Waals surface area contributed by atoms with E-state index in [1.807, 2.05) is 66.7 Å². The van der Waals surface area contributed by atoms with E-state index in [-0.39, 0.29) is 23.7 Å². The number of halogens is 1. The second kappa shape index (κ2) is 11.8. The lowest BCUT2D eigenvalue weighted by Gasteiger charge is -2.29. The van der Waals surface area contributed by atoms with E-state index < -0.39 is 5.82 Å².